The lowest BCUT2D eigenvalue weighted by atomic mass is 10.0. The number of amides is 1. The Morgan fingerprint density at radius 2 is 2.06 bits per heavy atom. The highest BCUT2D eigenvalue weighted by Gasteiger charge is 2.22. The van der Waals surface area contributed by atoms with E-state index in [-0.39, 0.29) is 17.9 Å². The SMILES string of the molecule is CN[C@H](C(=O)N[C@H](C=O)CCCN)C(C)C. The molecule has 2 atom stereocenters. The summed E-state index contributed by atoms with van der Waals surface area (Å²) in [5.74, 6) is 0.0541. The Labute approximate surface area is 97.2 Å². The van der Waals surface area contributed by atoms with Crippen LogP contribution in [0.4, 0.5) is 0 Å². The van der Waals surface area contributed by atoms with E-state index in [0.717, 1.165) is 12.7 Å². The van der Waals surface area contributed by atoms with Gasteiger partial charge in [-0.05, 0) is 32.4 Å². The lowest BCUT2D eigenvalue weighted by molar-refractivity contribution is -0.126. The minimum Gasteiger partial charge on any atom is -0.345 e. The van der Waals surface area contributed by atoms with Crippen molar-refractivity contribution in [2.75, 3.05) is 13.6 Å². The second-order valence-corrected chi connectivity index (χ2v) is 4.19. The van der Waals surface area contributed by atoms with Crippen molar-refractivity contribution in [2.45, 2.75) is 38.8 Å². The molecule has 16 heavy (non-hydrogen) atoms. The predicted molar refractivity (Wildman–Crippen MR) is 64.0 cm³/mol. The molecule has 0 aliphatic heterocycles. The fourth-order valence-corrected chi connectivity index (χ4v) is 1.55. The monoisotopic (exact) mass is 229 g/mol. The van der Waals surface area contributed by atoms with Crippen molar-refractivity contribution in [2.24, 2.45) is 11.7 Å². The molecule has 0 aliphatic rings. The van der Waals surface area contributed by atoms with E-state index in [9.17, 15) is 9.59 Å². The molecule has 0 aromatic carbocycles. The topological polar surface area (TPSA) is 84.2 Å². The lowest BCUT2D eigenvalue weighted by Crippen LogP contribution is -2.49. The first kappa shape index (κ1) is 15.1. The van der Waals surface area contributed by atoms with Gasteiger partial charge in [-0.25, -0.2) is 0 Å². The van der Waals surface area contributed by atoms with Crippen molar-refractivity contribution in [3.63, 3.8) is 0 Å². The smallest absolute Gasteiger partial charge is 0.237 e. The summed E-state index contributed by atoms with van der Waals surface area (Å²) in [4.78, 5) is 22.5. The van der Waals surface area contributed by atoms with Crippen LogP contribution in [0, 0.1) is 5.92 Å². The van der Waals surface area contributed by atoms with E-state index in [0.29, 0.717) is 13.0 Å². The summed E-state index contributed by atoms with van der Waals surface area (Å²) in [6.07, 6.45) is 2.09. The predicted octanol–water partition coefficient (Wildman–Crippen LogP) is -0.347. The first-order valence-electron chi connectivity index (χ1n) is 5.69. The largest absolute Gasteiger partial charge is 0.345 e. The number of nitrogens with one attached hydrogen (secondary N) is 2. The summed E-state index contributed by atoms with van der Waals surface area (Å²) in [5, 5.41) is 5.64. The fourth-order valence-electron chi connectivity index (χ4n) is 1.55. The summed E-state index contributed by atoms with van der Waals surface area (Å²) in [6.45, 7) is 4.44. The van der Waals surface area contributed by atoms with E-state index in [1.807, 2.05) is 13.8 Å². The number of likely N-dealkylation sites (N-methyl/N-ethyl adjacent to an activating group) is 1. The van der Waals surface area contributed by atoms with Crippen LogP contribution in [0.5, 0.6) is 0 Å². The lowest BCUT2D eigenvalue weighted by Gasteiger charge is -2.21. The first-order valence-corrected chi connectivity index (χ1v) is 5.69. The highest BCUT2D eigenvalue weighted by Crippen LogP contribution is 2.02. The third-order valence-corrected chi connectivity index (χ3v) is 2.47. The van der Waals surface area contributed by atoms with E-state index in [4.69, 9.17) is 5.73 Å². The number of nitrogens with two attached hydrogens (primary N) is 1. The van der Waals surface area contributed by atoms with Crippen molar-refractivity contribution in [1.29, 1.82) is 0 Å². The van der Waals surface area contributed by atoms with Gasteiger partial charge in [-0.1, -0.05) is 13.8 Å². The molecule has 4 N–H and O–H groups in total. The van der Waals surface area contributed by atoms with Gasteiger partial charge in [0.1, 0.15) is 6.29 Å². The number of rotatable bonds is 8. The molecule has 5 heteroatoms. The zero-order valence-electron chi connectivity index (χ0n) is 10.3. The molecule has 0 bridgehead atoms. The van der Waals surface area contributed by atoms with E-state index < -0.39 is 6.04 Å². The summed E-state index contributed by atoms with van der Waals surface area (Å²) in [7, 11) is 1.74. The molecule has 0 radical (unpaired) electrons. The van der Waals surface area contributed by atoms with Gasteiger partial charge in [-0.2, -0.15) is 0 Å². The number of hydrogen-bond acceptors (Lipinski definition) is 4. The normalized spacial score (nSPS) is 14.6. The highest BCUT2D eigenvalue weighted by molar-refractivity contribution is 5.84. The van der Waals surface area contributed by atoms with Gasteiger partial charge in [-0.3, -0.25) is 4.79 Å². The summed E-state index contributed by atoms with van der Waals surface area (Å²) in [5.41, 5.74) is 5.36. The average molecular weight is 229 g/mol. The van der Waals surface area contributed by atoms with Crippen LogP contribution in [0.25, 0.3) is 0 Å². The van der Waals surface area contributed by atoms with E-state index in [2.05, 4.69) is 10.6 Å². The van der Waals surface area contributed by atoms with Gasteiger partial charge in [-0.15, -0.1) is 0 Å². The molecule has 1 amide bonds. The maximum absolute atomic E-state index is 11.8. The Kier molecular flexibility index (Phi) is 7.76. The van der Waals surface area contributed by atoms with Crippen LogP contribution in [0.1, 0.15) is 26.7 Å². The quantitative estimate of drug-likeness (QED) is 0.497. The Balaban J connectivity index is 4.22. The standard InChI is InChI=1S/C11H23N3O2/c1-8(2)10(13-3)11(16)14-9(7-15)5-4-6-12/h7-10,13H,4-6,12H2,1-3H3,(H,14,16)/t9-,10-/m0/s1. The van der Waals surface area contributed by atoms with Gasteiger partial charge < -0.3 is 21.2 Å². The van der Waals surface area contributed by atoms with Gasteiger partial charge in [0.15, 0.2) is 0 Å². The van der Waals surface area contributed by atoms with E-state index >= 15 is 0 Å². The van der Waals surface area contributed by atoms with Gasteiger partial charge >= 0.3 is 0 Å². The highest BCUT2D eigenvalue weighted by atomic mass is 16.2. The maximum atomic E-state index is 11.8. The van der Waals surface area contributed by atoms with E-state index in [1.165, 1.54) is 0 Å². The minimum absolute atomic E-state index is 0.133. The Hall–Kier alpha value is -0.940. The number of carbonyl (C=O) groups is 2. The molecule has 0 unspecified atom stereocenters. The van der Waals surface area contributed by atoms with Crippen molar-refractivity contribution in [3.8, 4) is 0 Å². The molecule has 0 heterocycles. The van der Waals surface area contributed by atoms with Crippen LogP contribution in [0.3, 0.4) is 0 Å². The molecule has 0 saturated carbocycles. The van der Waals surface area contributed by atoms with Crippen LogP contribution in [0.2, 0.25) is 0 Å². The van der Waals surface area contributed by atoms with Crippen LogP contribution in [-0.4, -0.2) is 37.9 Å². The fraction of sp³-hybridized carbons (Fsp3) is 0.818. The Morgan fingerprint density at radius 3 is 2.44 bits per heavy atom. The molecule has 94 valence electrons. The average Bonchev–Trinajstić information content (AvgIpc) is 2.24. The second kappa shape index (κ2) is 8.24. The zero-order chi connectivity index (χ0) is 12.6. The number of hydrogen-bond donors (Lipinski definition) is 3. The van der Waals surface area contributed by atoms with Crippen molar-refractivity contribution >= 4 is 12.2 Å². The molecule has 0 aliphatic carbocycles. The van der Waals surface area contributed by atoms with E-state index in [1.54, 1.807) is 7.05 Å². The van der Waals surface area contributed by atoms with Gasteiger partial charge in [0.2, 0.25) is 5.91 Å². The second-order valence-electron chi connectivity index (χ2n) is 4.19. The molecule has 0 saturated heterocycles. The van der Waals surface area contributed by atoms with Crippen molar-refractivity contribution in [3.05, 3.63) is 0 Å². The molecule has 0 rings (SSSR count). The molecule has 0 spiro atoms. The Bertz CT molecular complexity index is 219. The summed E-state index contributed by atoms with van der Waals surface area (Å²) < 4.78 is 0. The third kappa shape index (κ3) is 5.23. The van der Waals surface area contributed by atoms with Crippen molar-refractivity contribution < 1.29 is 9.59 Å². The molecule has 0 aromatic rings. The molecule has 0 fully saturated rings. The summed E-state index contributed by atoms with van der Waals surface area (Å²) in [6, 6.07) is -0.689. The number of aldehydes is 1. The molecule has 0 aromatic heterocycles. The van der Waals surface area contributed by atoms with Crippen LogP contribution in [0.15, 0.2) is 0 Å². The minimum atomic E-state index is -0.425. The van der Waals surface area contributed by atoms with Crippen LogP contribution < -0.4 is 16.4 Å². The zero-order valence-corrected chi connectivity index (χ0v) is 10.3. The number of carbonyl (C=O) groups excluding carboxylic acids is 2. The van der Waals surface area contributed by atoms with Crippen LogP contribution >= 0.6 is 0 Å². The summed E-state index contributed by atoms with van der Waals surface area (Å²) >= 11 is 0. The first-order chi connectivity index (χ1) is 7.56. The van der Waals surface area contributed by atoms with Crippen molar-refractivity contribution in [1.82, 2.24) is 10.6 Å². The van der Waals surface area contributed by atoms with Gasteiger partial charge in [0, 0.05) is 0 Å². The third-order valence-electron chi connectivity index (χ3n) is 2.47. The molecular weight excluding hydrogens is 206 g/mol. The van der Waals surface area contributed by atoms with Gasteiger partial charge in [0.25, 0.3) is 0 Å². The Morgan fingerprint density at radius 1 is 1.44 bits per heavy atom. The van der Waals surface area contributed by atoms with Crippen LogP contribution in [-0.2, 0) is 9.59 Å². The van der Waals surface area contributed by atoms with Gasteiger partial charge in [0.05, 0.1) is 12.1 Å². The molecule has 5 nitrogen and oxygen atoms in total. The molecular formula is C11H23N3O2. The maximum Gasteiger partial charge on any atom is 0.237 e.